The lowest BCUT2D eigenvalue weighted by Gasteiger charge is -2.08. The number of carbonyl (C=O) groups is 2. The molecule has 0 fully saturated rings. The van der Waals surface area contributed by atoms with E-state index in [0.717, 1.165) is 21.2 Å². The molecule has 24 heavy (non-hydrogen) atoms. The summed E-state index contributed by atoms with van der Waals surface area (Å²) in [5.74, 6) is -0.687. The van der Waals surface area contributed by atoms with Crippen LogP contribution in [-0.2, 0) is 4.74 Å². The molecule has 1 amide bonds. The second kappa shape index (κ2) is 6.45. The van der Waals surface area contributed by atoms with Gasteiger partial charge in [0, 0.05) is 15.6 Å². The summed E-state index contributed by atoms with van der Waals surface area (Å²) in [6.45, 7) is 3.88. The number of rotatable bonds is 3. The molecule has 2 aromatic carbocycles. The number of hydrogen-bond donors (Lipinski definition) is 1. The highest BCUT2D eigenvalue weighted by Gasteiger charge is 2.21. The van der Waals surface area contributed by atoms with Crippen molar-refractivity contribution >= 4 is 38.3 Å². The zero-order valence-corrected chi connectivity index (χ0v) is 14.5. The Morgan fingerprint density at radius 1 is 1.08 bits per heavy atom. The first-order valence-corrected chi connectivity index (χ1v) is 8.31. The number of benzene rings is 2. The highest BCUT2D eigenvalue weighted by Crippen LogP contribution is 2.36. The standard InChI is InChI=1S/C19H17NO3S/c1-11-8-9-13(12(2)10-11)17(21)20-18-16(19(22)23-3)14-6-4-5-7-15(14)24-18/h4-10H,1-3H3,(H,20,21). The second-order valence-corrected chi connectivity index (χ2v) is 6.62. The fourth-order valence-electron chi connectivity index (χ4n) is 2.68. The topological polar surface area (TPSA) is 55.4 Å². The summed E-state index contributed by atoms with van der Waals surface area (Å²) in [5.41, 5.74) is 2.99. The molecule has 0 aliphatic heterocycles. The predicted octanol–water partition coefficient (Wildman–Crippen LogP) is 4.56. The summed E-state index contributed by atoms with van der Waals surface area (Å²) in [6.07, 6.45) is 0. The first-order chi connectivity index (χ1) is 11.5. The van der Waals surface area contributed by atoms with Gasteiger partial charge < -0.3 is 10.1 Å². The second-order valence-electron chi connectivity index (χ2n) is 5.57. The number of amides is 1. The van der Waals surface area contributed by atoms with Crippen LogP contribution in [0.5, 0.6) is 0 Å². The monoisotopic (exact) mass is 339 g/mol. The first-order valence-electron chi connectivity index (χ1n) is 7.49. The molecule has 0 bridgehead atoms. The Labute approximate surface area is 144 Å². The molecule has 0 atom stereocenters. The van der Waals surface area contributed by atoms with Gasteiger partial charge >= 0.3 is 5.97 Å². The quantitative estimate of drug-likeness (QED) is 0.712. The Balaban J connectivity index is 2.03. The average molecular weight is 339 g/mol. The number of methoxy groups -OCH3 is 1. The number of aryl methyl sites for hydroxylation is 2. The molecule has 0 radical (unpaired) electrons. The van der Waals surface area contributed by atoms with Crippen LogP contribution in [0.1, 0.15) is 31.8 Å². The SMILES string of the molecule is COC(=O)c1c(NC(=O)c2ccc(C)cc2C)sc2ccccc12. The summed E-state index contributed by atoms with van der Waals surface area (Å²) in [6, 6.07) is 13.2. The normalized spacial score (nSPS) is 10.6. The van der Waals surface area contributed by atoms with Gasteiger partial charge in [-0.15, -0.1) is 11.3 Å². The Morgan fingerprint density at radius 2 is 1.83 bits per heavy atom. The number of thiophene rings is 1. The van der Waals surface area contributed by atoms with Gasteiger partial charge in [-0.2, -0.15) is 0 Å². The number of fused-ring (bicyclic) bond motifs is 1. The Morgan fingerprint density at radius 3 is 2.54 bits per heavy atom. The van der Waals surface area contributed by atoms with Gasteiger partial charge in [-0.05, 0) is 31.5 Å². The van der Waals surface area contributed by atoms with Crippen LogP contribution in [0.2, 0.25) is 0 Å². The van der Waals surface area contributed by atoms with Gasteiger partial charge in [0.2, 0.25) is 0 Å². The highest BCUT2D eigenvalue weighted by atomic mass is 32.1. The Hall–Kier alpha value is -2.66. The van der Waals surface area contributed by atoms with Crippen LogP contribution in [-0.4, -0.2) is 19.0 Å². The van der Waals surface area contributed by atoms with E-state index in [2.05, 4.69) is 5.32 Å². The number of esters is 1. The molecule has 0 saturated heterocycles. The summed E-state index contributed by atoms with van der Waals surface area (Å²) < 4.78 is 5.81. The molecule has 122 valence electrons. The van der Waals surface area contributed by atoms with Crippen molar-refractivity contribution in [2.75, 3.05) is 12.4 Å². The lowest BCUT2D eigenvalue weighted by molar-refractivity contribution is 0.0604. The van der Waals surface area contributed by atoms with E-state index in [4.69, 9.17) is 4.74 Å². The zero-order valence-electron chi connectivity index (χ0n) is 13.7. The van der Waals surface area contributed by atoms with Crippen LogP contribution in [0.3, 0.4) is 0 Å². The van der Waals surface area contributed by atoms with Crippen LogP contribution >= 0.6 is 11.3 Å². The molecule has 0 unspecified atom stereocenters. The minimum atomic E-state index is -0.455. The summed E-state index contributed by atoms with van der Waals surface area (Å²) in [5, 5.41) is 4.16. The van der Waals surface area contributed by atoms with E-state index in [-0.39, 0.29) is 5.91 Å². The van der Waals surface area contributed by atoms with E-state index in [9.17, 15) is 9.59 Å². The number of anilines is 1. The molecule has 4 nitrogen and oxygen atoms in total. The molecule has 1 N–H and O–H groups in total. The molecule has 0 saturated carbocycles. The number of hydrogen-bond acceptors (Lipinski definition) is 4. The molecule has 3 rings (SSSR count). The smallest absolute Gasteiger partial charge is 0.341 e. The van der Waals surface area contributed by atoms with Crippen molar-refractivity contribution < 1.29 is 14.3 Å². The molecule has 1 aromatic heterocycles. The Bertz CT molecular complexity index is 943. The van der Waals surface area contributed by atoms with E-state index >= 15 is 0 Å². The Kier molecular flexibility index (Phi) is 4.36. The van der Waals surface area contributed by atoms with Crippen molar-refractivity contribution in [3.05, 3.63) is 64.7 Å². The minimum Gasteiger partial charge on any atom is -0.465 e. The maximum atomic E-state index is 12.6. The van der Waals surface area contributed by atoms with Crippen LogP contribution in [0.15, 0.2) is 42.5 Å². The van der Waals surface area contributed by atoms with E-state index in [1.165, 1.54) is 18.4 Å². The van der Waals surface area contributed by atoms with Gasteiger partial charge in [0.1, 0.15) is 10.6 Å². The molecule has 0 aliphatic carbocycles. The number of carbonyl (C=O) groups excluding carboxylic acids is 2. The van der Waals surface area contributed by atoms with Gasteiger partial charge in [-0.1, -0.05) is 35.9 Å². The maximum absolute atomic E-state index is 12.6. The fourth-order valence-corrected chi connectivity index (χ4v) is 3.76. The van der Waals surface area contributed by atoms with Crippen molar-refractivity contribution in [2.45, 2.75) is 13.8 Å². The number of nitrogens with one attached hydrogen (secondary N) is 1. The third kappa shape index (κ3) is 2.90. The lowest BCUT2D eigenvalue weighted by atomic mass is 10.1. The molecular formula is C19H17NO3S. The van der Waals surface area contributed by atoms with Crippen LogP contribution < -0.4 is 5.32 Å². The summed E-state index contributed by atoms with van der Waals surface area (Å²) in [7, 11) is 1.34. The third-order valence-electron chi connectivity index (χ3n) is 3.84. The minimum absolute atomic E-state index is 0.232. The fraction of sp³-hybridized carbons (Fsp3) is 0.158. The van der Waals surface area contributed by atoms with Crippen molar-refractivity contribution in [3.8, 4) is 0 Å². The molecule has 1 heterocycles. The largest absolute Gasteiger partial charge is 0.465 e. The van der Waals surface area contributed by atoms with Crippen molar-refractivity contribution in [1.82, 2.24) is 0 Å². The van der Waals surface area contributed by atoms with Gasteiger partial charge in [0.15, 0.2) is 0 Å². The first kappa shape index (κ1) is 16.2. The lowest BCUT2D eigenvalue weighted by Crippen LogP contribution is -2.15. The van der Waals surface area contributed by atoms with Crippen molar-refractivity contribution in [1.29, 1.82) is 0 Å². The third-order valence-corrected chi connectivity index (χ3v) is 4.92. The highest BCUT2D eigenvalue weighted by molar-refractivity contribution is 7.23. The molecular weight excluding hydrogens is 322 g/mol. The van der Waals surface area contributed by atoms with Gasteiger partial charge in [0.25, 0.3) is 5.91 Å². The maximum Gasteiger partial charge on any atom is 0.341 e. The summed E-state index contributed by atoms with van der Waals surface area (Å²) in [4.78, 5) is 24.8. The molecule has 5 heteroatoms. The van der Waals surface area contributed by atoms with Crippen molar-refractivity contribution in [3.63, 3.8) is 0 Å². The predicted molar refractivity (Wildman–Crippen MR) is 97.0 cm³/mol. The van der Waals surface area contributed by atoms with Gasteiger partial charge in [-0.3, -0.25) is 4.79 Å². The van der Waals surface area contributed by atoms with E-state index in [0.29, 0.717) is 16.1 Å². The molecule has 0 spiro atoms. The van der Waals surface area contributed by atoms with Crippen LogP contribution in [0.25, 0.3) is 10.1 Å². The van der Waals surface area contributed by atoms with E-state index < -0.39 is 5.97 Å². The van der Waals surface area contributed by atoms with Crippen LogP contribution in [0.4, 0.5) is 5.00 Å². The van der Waals surface area contributed by atoms with Crippen LogP contribution in [0, 0.1) is 13.8 Å². The zero-order chi connectivity index (χ0) is 17.3. The molecule has 0 aliphatic rings. The molecule has 3 aromatic rings. The van der Waals surface area contributed by atoms with Crippen molar-refractivity contribution in [2.24, 2.45) is 0 Å². The van der Waals surface area contributed by atoms with Gasteiger partial charge in [-0.25, -0.2) is 4.79 Å². The number of ether oxygens (including phenoxy) is 1. The average Bonchev–Trinajstić information content (AvgIpc) is 2.91. The summed E-state index contributed by atoms with van der Waals surface area (Å²) >= 11 is 1.37. The van der Waals surface area contributed by atoms with E-state index in [1.807, 2.05) is 50.2 Å². The van der Waals surface area contributed by atoms with E-state index in [1.54, 1.807) is 6.07 Å². The van der Waals surface area contributed by atoms with Gasteiger partial charge in [0.05, 0.1) is 7.11 Å².